The third-order valence-electron chi connectivity index (χ3n) is 5.17. The first-order valence-corrected chi connectivity index (χ1v) is 10.5. The Balaban J connectivity index is 2.39. The number of nitrogens with zero attached hydrogens (tertiary/aromatic N) is 2. The molecule has 26 heavy (non-hydrogen) atoms. The molecule has 0 aromatic heterocycles. The molecule has 1 rings (SSSR count). The lowest BCUT2D eigenvalue weighted by Gasteiger charge is -2.42. The normalized spacial score (nSPS) is 18.7. The van der Waals surface area contributed by atoms with Gasteiger partial charge in [-0.2, -0.15) is 0 Å². The fourth-order valence-corrected chi connectivity index (χ4v) is 3.73. The number of hydrogen-bond acceptors (Lipinski definition) is 3. The van der Waals surface area contributed by atoms with Gasteiger partial charge in [0.1, 0.15) is 0 Å². The molecule has 1 saturated heterocycles. The lowest BCUT2D eigenvalue weighted by atomic mass is 10.0. The van der Waals surface area contributed by atoms with E-state index in [1.165, 1.54) is 19.3 Å². The van der Waals surface area contributed by atoms with Gasteiger partial charge in [0.25, 0.3) is 0 Å². The quantitative estimate of drug-likeness (QED) is 0.529. The van der Waals surface area contributed by atoms with Crippen LogP contribution in [0, 0.1) is 11.8 Å². The zero-order valence-electron chi connectivity index (χ0n) is 17.4. The Kier molecular flexibility index (Phi) is 10.9. The molecular formula is C21H40N2O3. The van der Waals surface area contributed by atoms with Gasteiger partial charge in [-0.1, -0.05) is 53.4 Å². The van der Waals surface area contributed by atoms with E-state index in [1.807, 2.05) is 4.90 Å². The molecule has 1 aliphatic rings. The SMILES string of the molecule is CC(C)CCCCCCC(=O)N1CCN(CC(C)C)[C@H](CCC(=O)O)C1. The van der Waals surface area contributed by atoms with Gasteiger partial charge in [-0.25, -0.2) is 0 Å². The molecule has 1 amide bonds. The van der Waals surface area contributed by atoms with E-state index in [0.29, 0.717) is 25.3 Å². The maximum Gasteiger partial charge on any atom is 0.303 e. The van der Waals surface area contributed by atoms with E-state index in [0.717, 1.165) is 38.4 Å². The number of carboxylic acids is 1. The Morgan fingerprint density at radius 2 is 1.65 bits per heavy atom. The van der Waals surface area contributed by atoms with Crippen molar-refractivity contribution in [2.24, 2.45) is 11.8 Å². The first-order valence-electron chi connectivity index (χ1n) is 10.5. The number of piperazine rings is 1. The van der Waals surface area contributed by atoms with Crippen molar-refractivity contribution < 1.29 is 14.7 Å². The molecule has 0 aliphatic carbocycles. The molecule has 1 aliphatic heterocycles. The minimum absolute atomic E-state index is 0.178. The standard InChI is InChI=1S/C21H40N2O3/c1-17(2)9-7-5-6-8-10-20(24)23-14-13-22(15-18(3)4)19(16-23)11-12-21(25)26/h17-19H,5-16H2,1-4H3,(H,25,26)/t19-/m1/s1. The van der Waals surface area contributed by atoms with Crippen LogP contribution in [0.1, 0.15) is 79.1 Å². The zero-order chi connectivity index (χ0) is 19.5. The average Bonchev–Trinajstić information content (AvgIpc) is 2.56. The van der Waals surface area contributed by atoms with Gasteiger partial charge in [0.05, 0.1) is 0 Å². The number of unbranched alkanes of at least 4 members (excludes halogenated alkanes) is 3. The van der Waals surface area contributed by atoms with Crippen molar-refractivity contribution in [1.29, 1.82) is 0 Å². The molecule has 1 atom stereocenters. The Morgan fingerprint density at radius 3 is 2.27 bits per heavy atom. The highest BCUT2D eigenvalue weighted by molar-refractivity contribution is 5.76. The van der Waals surface area contributed by atoms with Gasteiger partial charge in [0, 0.05) is 45.1 Å². The minimum Gasteiger partial charge on any atom is -0.481 e. The summed E-state index contributed by atoms with van der Waals surface area (Å²) in [6.45, 7) is 12.2. The van der Waals surface area contributed by atoms with Crippen LogP contribution in [0.3, 0.4) is 0 Å². The second-order valence-electron chi connectivity index (χ2n) is 8.66. The molecule has 0 bridgehead atoms. The molecule has 0 spiro atoms. The largest absolute Gasteiger partial charge is 0.481 e. The van der Waals surface area contributed by atoms with Crippen molar-refractivity contribution in [3.8, 4) is 0 Å². The van der Waals surface area contributed by atoms with Gasteiger partial charge >= 0.3 is 5.97 Å². The monoisotopic (exact) mass is 368 g/mol. The van der Waals surface area contributed by atoms with E-state index >= 15 is 0 Å². The first-order chi connectivity index (χ1) is 12.3. The number of carboxylic acid groups (broad SMARTS) is 1. The molecule has 0 aromatic carbocycles. The van der Waals surface area contributed by atoms with Crippen LogP contribution in [0.15, 0.2) is 0 Å². The lowest BCUT2D eigenvalue weighted by molar-refractivity contribution is -0.137. The maximum atomic E-state index is 12.5. The topological polar surface area (TPSA) is 60.9 Å². The van der Waals surface area contributed by atoms with Gasteiger partial charge in [-0.3, -0.25) is 14.5 Å². The second-order valence-corrected chi connectivity index (χ2v) is 8.66. The van der Waals surface area contributed by atoms with Gasteiger partial charge in [-0.05, 0) is 24.7 Å². The third kappa shape index (κ3) is 9.56. The molecule has 1 heterocycles. The van der Waals surface area contributed by atoms with Crippen LogP contribution < -0.4 is 0 Å². The first kappa shape index (κ1) is 22.9. The summed E-state index contributed by atoms with van der Waals surface area (Å²) in [4.78, 5) is 27.8. The van der Waals surface area contributed by atoms with Crippen molar-refractivity contribution in [2.45, 2.75) is 85.1 Å². The van der Waals surface area contributed by atoms with E-state index in [9.17, 15) is 9.59 Å². The van der Waals surface area contributed by atoms with Crippen molar-refractivity contribution >= 4 is 11.9 Å². The van der Waals surface area contributed by atoms with Crippen LogP contribution in [-0.4, -0.2) is 59.0 Å². The molecule has 0 aromatic rings. The average molecular weight is 369 g/mol. The number of carbonyl (C=O) groups excluding carboxylic acids is 1. The second kappa shape index (κ2) is 12.3. The molecule has 1 N–H and O–H groups in total. The van der Waals surface area contributed by atoms with Crippen LogP contribution in [-0.2, 0) is 9.59 Å². The molecule has 5 nitrogen and oxygen atoms in total. The number of aliphatic carboxylic acids is 1. The highest BCUT2D eigenvalue weighted by atomic mass is 16.4. The van der Waals surface area contributed by atoms with Gasteiger partial charge < -0.3 is 10.0 Å². The van der Waals surface area contributed by atoms with E-state index in [1.54, 1.807) is 0 Å². The molecule has 0 radical (unpaired) electrons. The highest BCUT2D eigenvalue weighted by Crippen LogP contribution is 2.18. The van der Waals surface area contributed by atoms with Crippen molar-refractivity contribution in [2.75, 3.05) is 26.2 Å². The highest BCUT2D eigenvalue weighted by Gasteiger charge is 2.29. The summed E-state index contributed by atoms with van der Waals surface area (Å²) in [7, 11) is 0. The van der Waals surface area contributed by atoms with Crippen molar-refractivity contribution in [3.05, 3.63) is 0 Å². The van der Waals surface area contributed by atoms with Gasteiger partial charge in [-0.15, -0.1) is 0 Å². The number of amides is 1. The third-order valence-corrected chi connectivity index (χ3v) is 5.17. The van der Waals surface area contributed by atoms with Crippen LogP contribution in [0.25, 0.3) is 0 Å². The van der Waals surface area contributed by atoms with Gasteiger partial charge in [0.15, 0.2) is 0 Å². The fourth-order valence-electron chi connectivity index (χ4n) is 3.73. The summed E-state index contributed by atoms with van der Waals surface area (Å²) in [5, 5.41) is 9.01. The number of hydrogen-bond donors (Lipinski definition) is 1. The van der Waals surface area contributed by atoms with Crippen molar-refractivity contribution in [1.82, 2.24) is 9.80 Å². The summed E-state index contributed by atoms with van der Waals surface area (Å²) in [6.07, 6.45) is 7.30. The lowest BCUT2D eigenvalue weighted by Crippen LogP contribution is -2.55. The molecular weight excluding hydrogens is 328 g/mol. The van der Waals surface area contributed by atoms with E-state index in [4.69, 9.17) is 5.11 Å². The zero-order valence-corrected chi connectivity index (χ0v) is 17.4. The van der Waals surface area contributed by atoms with E-state index in [2.05, 4.69) is 32.6 Å². The Labute approximate surface area is 160 Å². The summed E-state index contributed by atoms with van der Waals surface area (Å²) in [5.41, 5.74) is 0. The Bertz CT molecular complexity index is 423. The van der Waals surface area contributed by atoms with E-state index in [-0.39, 0.29) is 18.4 Å². The van der Waals surface area contributed by atoms with Crippen LogP contribution >= 0.6 is 0 Å². The predicted octanol–water partition coefficient (Wildman–Crippen LogP) is 4.02. The number of carbonyl (C=O) groups is 2. The molecule has 1 fully saturated rings. The van der Waals surface area contributed by atoms with Crippen LogP contribution in [0.4, 0.5) is 0 Å². The molecule has 5 heteroatoms. The summed E-state index contributed by atoms with van der Waals surface area (Å²) in [5.74, 6) is 0.814. The Hall–Kier alpha value is -1.10. The summed E-state index contributed by atoms with van der Waals surface area (Å²) in [6, 6.07) is 0.178. The smallest absolute Gasteiger partial charge is 0.303 e. The summed E-state index contributed by atoms with van der Waals surface area (Å²) >= 11 is 0. The van der Waals surface area contributed by atoms with Gasteiger partial charge in [0.2, 0.25) is 5.91 Å². The maximum absolute atomic E-state index is 12.5. The predicted molar refractivity (Wildman–Crippen MR) is 106 cm³/mol. The molecule has 152 valence electrons. The number of rotatable bonds is 12. The fraction of sp³-hybridized carbons (Fsp3) is 0.905. The minimum atomic E-state index is -0.751. The van der Waals surface area contributed by atoms with Crippen LogP contribution in [0.2, 0.25) is 0 Å². The van der Waals surface area contributed by atoms with Crippen molar-refractivity contribution in [3.63, 3.8) is 0 Å². The van der Waals surface area contributed by atoms with E-state index < -0.39 is 5.97 Å². The summed E-state index contributed by atoms with van der Waals surface area (Å²) < 4.78 is 0. The molecule has 0 saturated carbocycles. The van der Waals surface area contributed by atoms with Crippen LogP contribution in [0.5, 0.6) is 0 Å². The molecule has 0 unspecified atom stereocenters. The Morgan fingerprint density at radius 1 is 0.962 bits per heavy atom.